The molecular formula is C11H18ClN3O3. The molecule has 2 unspecified atom stereocenters. The predicted molar refractivity (Wildman–Crippen MR) is 66.5 cm³/mol. The van der Waals surface area contributed by atoms with E-state index >= 15 is 0 Å². The number of hydrogen-bond donors (Lipinski definition) is 1. The third-order valence-electron chi connectivity index (χ3n) is 3.32. The molecule has 7 heteroatoms. The number of carbonyl (C=O) groups is 1. The average molecular weight is 276 g/mol. The summed E-state index contributed by atoms with van der Waals surface area (Å²) in [5, 5.41) is 16.3. The van der Waals surface area contributed by atoms with Gasteiger partial charge in [0.2, 0.25) is 0 Å². The second-order valence-electron chi connectivity index (χ2n) is 4.49. The largest absolute Gasteiger partial charge is 0.481 e. The van der Waals surface area contributed by atoms with Gasteiger partial charge in [0, 0.05) is 5.27 Å². The van der Waals surface area contributed by atoms with Gasteiger partial charge in [0.05, 0.1) is 18.2 Å². The molecule has 0 spiro atoms. The zero-order valence-corrected chi connectivity index (χ0v) is 11.1. The van der Waals surface area contributed by atoms with Gasteiger partial charge in [-0.25, -0.2) is 0 Å². The molecule has 2 atom stereocenters. The van der Waals surface area contributed by atoms with E-state index < -0.39 is 11.9 Å². The number of carboxylic acid groups (broad SMARTS) is 1. The maximum atomic E-state index is 11.2. The Morgan fingerprint density at radius 2 is 2.11 bits per heavy atom. The highest BCUT2D eigenvalue weighted by Gasteiger charge is 2.34. The molecule has 1 N–H and O–H groups in total. The lowest BCUT2D eigenvalue weighted by Gasteiger charge is -2.34. The number of hydrogen-bond acceptors (Lipinski definition) is 5. The Kier molecular flexibility index (Phi) is 5.55. The zero-order valence-electron chi connectivity index (χ0n) is 10.3. The summed E-state index contributed by atoms with van der Waals surface area (Å²) in [4.78, 5) is 13.3. The Labute approximate surface area is 112 Å². The topological polar surface area (TPSA) is 79.5 Å². The van der Waals surface area contributed by atoms with Gasteiger partial charge in [0.15, 0.2) is 5.76 Å². The van der Waals surface area contributed by atoms with Crippen LogP contribution in [0.5, 0.6) is 0 Å². The van der Waals surface area contributed by atoms with Crippen LogP contribution in [0.2, 0.25) is 0 Å². The fourth-order valence-electron chi connectivity index (χ4n) is 2.38. The highest BCUT2D eigenvalue weighted by molar-refractivity contribution is 5.85. The number of rotatable bonds is 4. The Balaban J connectivity index is 0.00000162. The molecule has 1 aliphatic heterocycles. The van der Waals surface area contributed by atoms with Gasteiger partial charge >= 0.3 is 5.97 Å². The Morgan fingerprint density at radius 3 is 2.61 bits per heavy atom. The third-order valence-corrected chi connectivity index (χ3v) is 3.32. The van der Waals surface area contributed by atoms with Crippen molar-refractivity contribution in [1.29, 1.82) is 0 Å². The molecule has 1 aromatic rings. The van der Waals surface area contributed by atoms with Crippen molar-refractivity contribution < 1.29 is 14.4 Å². The number of aliphatic carboxylic acids is 1. The van der Waals surface area contributed by atoms with E-state index in [1.807, 2.05) is 0 Å². The number of carboxylic acids is 1. The third kappa shape index (κ3) is 3.20. The zero-order chi connectivity index (χ0) is 12.3. The lowest BCUT2D eigenvalue weighted by Crippen LogP contribution is -2.39. The van der Waals surface area contributed by atoms with E-state index in [1.165, 1.54) is 12.6 Å². The van der Waals surface area contributed by atoms with Crippen molar-refractivity contribution in [2.45, 2.75) is 32.2 Å². The second-order valence-corrected chi connectivity index (χ2v) is 4.49. The fourth-order valence-corrected chi connectivity index (χ4v) is 2.38. The summed E-state index contributed by atoms with van der Waals surface area (Å²) in [5.41, 5.74) is 0. The maximum absolute atomic E-state index is 11.2. The number of likely N-dealkylation sites (tertiary alicyclic amines) is 1. The predicted octanol–water partition coefficient (Wildman–Crippen LogP) is 1.74. The fraction of sp³-hybridized carbons (Fsp3) is 0.727. The van der Waals surface area contributed by atoms with E-state index in [2.05, 4.69) is 15.3 Å². The van der Waals surface area contributed by atoms with Crippen LogP contribution in [-0.4, -0.2) is 39.4 Å². The lowest BCUT2D eigenvalue weighted by molar-refractivity contribution is -0.144. The van der Waals surface area contributed by atoms with Gasteiger partial charge in [-0.1, -0.05) is 6.42 Å². The number of nitrogens with zero attached hydrogens (tertiary/aromatic N) is 3. The van der Waals surface area contributed by atoms with E-state index in [9.17, 15) is 9.90 Å². The SMILES string of the molecule is CC(C(=O)O)C(c1cnno1)N1CCCCC1.Cl. The smallest absolute Gasteiger partial charge is 0.308 e. The minimum Gasteiger partial charge on any atom is -0.481 e. The Hall–Kier alpha value is -1.14. The van der Waals surface area contributed by atoms with E-state index in [0.717, 1.165) is 25.9 Å². The monoisotopic (exact) mass is 275 g/mol. The highest BCUT2D eigenvalue weighted by atomic mass is 35.5. The molecular weight excluding hydrogens is 258 g/mol. The van der Waals surface area contributed by atoms with Crippen LogP contribution < -0.4 is 0 Å². The molecule has 0 radical (unpaired) electrons. The van der Waals surface area contributed by atoms with Crippen LogP contribution in [0, 0.1) is 5.92 Å². The minimum atomic E-state index is -0.822. The molecule has 1 saturated heterocycles. The maximum Gasteiger partial charge on any atom is 0.308 e. The molecule has 102 valence electrons. The molecule has 0 amide bonds. The van der Waals surface area contributed by atoms with Gasteiger partial charge in [0.25, 0.3) is 0 Å². The highest BCUT2D eigenvalue weighted by Crippen LogP contribution is 2.30. The van der Waals surface area contributed by atoms with Gasteiger partial charge in [-0.15, -0.1) is 17.5 Å². The molecule has 6 nitrogen and oxygen atoms in total. The minimum absolute atomic E-state index is 0. The molecule has 0 aromatic carbocycles. The van der Waals surface area contributed by atoms with Crippen LogP contribution in [0.4, 0.5) is 0 Å². The van der Waals surface area contributed by atoms with E-state index in [4.69, 9.17) is 4.52 Å². The molecule has 2 rings (SSSR count). The van der Waals surface area contributed by atoms with Gasteiger partial charge < -0.3 is 9.63 Å². The standard InChI is InChI=1S/C11H17N3O3.ClH/c1-8(11(15)16)10(9-7-12-13-17-9)14-5-3-2-4-6-14;/h7-8,10H,2-6H2,1H3,(H,15,16);1H. The lowest BCUT2D eigenvalue weighted by atomic mass is 9.96. The summed E-state index contributed by atoms with van der Waals surface area (Å²) < 4.78 is 5.05. The van der Waals surface area contributed by atoms with Crippen molar-refractivity contribution in [3.8, 4) is 0 Å². The first-order valence-corrected chi connectivity index (χ1v) is 5.94. The number of piperidine rings is 1. The molecule has 18 heavy (non-hydrogen) atoms. The van der Waals surface area contributed by atoms with Gasteiger partial charge in [0.1, 0.15) is 0 Å². The summed E-state index contributed by atoms with van der Waals surface area (Å²) in [7, 11) is 0. The molecule has 2 heterocycles. The van der Waals surface area contributed by atoms with Crippen LogP contribution >= 0.6 is 12.4 Å². The molecule has 1 aliphatic rings. The Morgan fingerprint density at radius 1 is 1.44 bits per heavy atom. The van der Waals surface area contributed by atoms with Gasteiger partial charge in [-0.2, -0.15) is 0 Å². The second kappa shape index (κ2) is 6.70. The first-order chi connectivity index (χ1) is 8.20. The number of halogens is 1. The van der Waals surface area contributed by atoms with Crippen LogP contribution in [0.25, 0.3) is 0 Å². The summed E-state index contributed by atoms with van der Waals surface area (Å²) >= 11 is 0. The van der Waals surface area contributed by atoms with Crippen molar-refractivity contribution >= 4 is 18.4 Å². The van der Waals surface area contributed by atoms with Gasteiger partial charge in [-0.3, -0.25) is 9.69 Å². The molecule has 1 fully saturated rings. The van der Waals surface area contributed by atoms with Crippen molar-refractivity contribution in [1.82, 2.24) is 15.3 Å². The summed E-state index contributed by atoms with van der Waals surface area (Å²) in [6.45, 7) is 3.51. The Bertz CT molecular complexity index is 366. The number of aromatic nitrogens is 2. The van der Waals surface area contributed by atoms with Crippen molar-refractivity contribution in [2.24, 2.45) is 5.92 Å². The van der Waals surface area contributed by atoms with Crippen LogP contribution in [0.1, 0.15) is 38.0 Å². The van der Waals surface area contributed by atoms with E-state index in [0.29, 0.717) is 5.76 Å². The summed E-state index contributed by atoms with van der Waals surface area (Å²) in [5.74, 6) is -0.804. The van der Waals surface area contributed by atoms with Crippen LogP contribution in [0.15, 0.2) is 10.7 Å². The van der Waals surface area contributed by atoms with Crippen LogP contribution in [-0.2, 0) is 4.79 Å². The van der Waals surface area contributed by atoms with Crippen LogP contribution in [0.3, 0.4) is 0 Å². The molecule has 0 saturated carbocycles. The van der Waals surface area contributed by atoms with E-state index in [1.54, 1.807) is 6.92 Å². The normalized spacial score (nSPS) is 19.8. The van der Waals surface area contributed by atoms with E-state index in [-0.39, 0.29) is 18.4 Å². The van der Waals surface area contributed by atoms with Crippen molar-refractivity contribution in [2.75, 3.05) is 13.1 Å². The van der Waals surface area contributed by atoms with Gasteiger partial charge in [-0.05, 0) is 32.9 Å². The summed E-state index contributed by atoms with van der Waals surface area (Å²) in [6.07, 6.45) is 4.92. The average Bonchev–Trinajstić information content (AvgIpc) is 2.84. The first-order valence-electron chi connectivity index (χ1n) is 5.94. The summed E-state index contributed by atoms with van der Waals surface area (Å²) in [6, 6.07) is -0.261. The molecule has 1 aromatic heterocycles. The quantitative estimate of drug-likeness (QED) is 0.902. The molecule has 0 bridgehead atoms. The van der Waals surface area contributed by atoms with Crippen molar-refractivity contribution in [3.05, 3.63) is 12.0 Å². The first kappa shape index (κ1) is 14.9. The van der Waals surface area contributed by atoms with Crippen molar-refractivity contribution in [3.63, 3.8) is 0 Å². The molecule has 0 aliphatic carbocycles.